The third-order valence-corrected chi connectivity index (χ3v) is 7.05. The van der Waals surface area contributed by atoms with E-state index >= 15 is 0 Å². The lowest BCUT2D eigenvalue weighted by atomic mass is 9.92. The Labute approximate surface area is 241 Å². The van der Waals surface area contributed by atoms with Crippen LogP contribution in [-0.2, 0) is 18.2 Å². The molecule has 0 aliphatic carbocycles. The molecule has 1 amide bonds. The number of ether oxygens (including phenoxy) is 1. The Bertz CT molecular complexity index is 1680. The van der Waals surface area contributed by atoms with Crippen LogP contribution in [0.25, 0.3) is 22.0 Å². The SMILES string of the molecule is Cc1cc(C(C)(C)O)cc(C)c1Oc1ccc(C(C)(C)O)cc1-c1cn(C)c(=O)c2[nH]c(C(=O)NC(C)(C)C)cc12. The Hall–Kier alpha value is -3.88. The van der Waals surface area contributed by atoms with E-state index in [-0.39, 0.29) is 17.2 Å². The number of amides is 1. The van der Waals surface area contributed by atoms with Crippen LogP contribution in [0.15, 0.2) is 47.4 Å². The lowest BCUT2D eigenvalue weighted by molar-refractivity contribution is 0.0780. The summed E-state index contributed by atoms with van der Waals surface area (Å²) in [5.74, 6) is 0.847. The van der Waals surface area contributed by atoms with Gasteiger partial charge in [0.2, 0.25) is 0 Å². The monoisotopic (exact) mass is 559 g/mol. The van der Waals surface area contributed by atoms with Crippen LogP contribution in [0.1, 0.15) is 81.2 Å². The molecule has 2 aromatic carbocycles. The Kier molecular flexibility index (Phi) is 7.48. The topological polar surface area (TPSA) is 117 Å². The molecule has 2 aromatic heterocycles. The zero-order valence-electron chi connectivity index (χ0n) is 25.6. The highest BCUT2D eigenvalue weighted by Gasteiger charge is 2.25. The van der Waals surface area contributed by atoms with Gasteiger partial charge in [0.1, 0.15) is 22.7 Å². The molecule has 0 fully saturated rings. The van der Waals surface area contributed by atoms with Crippen LogP contribution < -0.4 is 15.6 Å². The summed E-state index contributed by atoms with van der Waals surface area (Å²) in [6.07, 6.45) is 1.72. The quantitative estimate of drug-likeness (QED) is 0.234. The molecule has 8 nitrogen and oxygen atoms in total. The highest BCUT2D eigenvalue weighted by molar-refractivity contribution is 6.03. The van der Waals surface area contributed by atoms with Crippen molar-refractivity contribution in [2.24, 2.45) is 7.05 Å². The number of aryl methyl sites for hydroxylation is 3. The van der Waals surface area contributed by atoms with Crippen LogP contribution >= 0.6 is 0 Å². The van der Waals surface area contributed by atoms with Gasteiger partial charge < -0.3 is 29.8 Å². The number of aromatic nitrogens is 2. The van der Waals surface area contributed by atoms with Gasteiger partial charge in [0, 0.05) is 35.3 Å². The van der Waals surface area contributed by atoms with Gasteiger partial charge in [-0.1, -0.05) is 6.07 Å². The number of hydrogen-bond donors (Lipinski definition) is 4. The van der Waals surface area contributed by atoms with E-state index in [4.69, 9.17) is 4.74 Å². The van der Waals surface area contributed by atoms with Gasteiger partial charge in [-0.2, -0.15) is 0 Å². The summed E-state index contributed by atoms with van der Waals surface area (Å²) < 4.78 is 8.03. The standard InChI is InChI=1S/C33H41N3O5/c1-18-13-21(33(8,9)40)14-19(2)28(18)41-26-12-11-20(32(6,7)39)15-22(26)24-17-36(10)30(38)27-23(24)16-25(34-27)29(37)35-31(3,4)5/h11-17,34,39-40H,1-10H3,(H,35,37). The minimum absolute atomic E-state index is 0.270. The van der Waals surface area contributed by atoms with Crippen LogP contribution in [0.2, 0.25) is 0 Å². The maximum atomic E-state index is 13.1. The smallest absolute Gasteiger partial charge is 0.274 e. The second kappa shape index (κ2) is 10.2. The molecule has 0 atom stereocenters. The van der Waals surface area contributed by atoms with Gasteiger partial charge in [0.05, 0.1) is 11.2 Å². The highest BCUT2D eigenvalue weighted by atomic mass is 16.5. The molecule has 4 rings (SSSR count). The fraction of sp³-hybridized carbons (Fsp3) is 0.394. The van der Waals surface area contributed by atoms with Crippen molar-refractivity contribution in [3.05, 3.63) is 80.9 Å². The summed E-state index contributed by atoms with van der Waals surface area (Å²) in [5.41, 5.74) is 2.17. The van der Waals surface area contributed by atoms with E-state index in [2.05, 4.69) is 10.3 Å². The number of carbonyl (C=O) groups excluding carboxylic acids is 1. The van der Waals surface area contributed by atoms with Crippen molar-refractivity contribution in [3.8, 4) is 22.6 Å². The molecule has 0 aliphatic rings. The maximum absolute atomic E-state index is 13.1. The number of aromatic amines is 1. The number of nitrogens with zero attached hydrogens (tertiary/aromatic N) is 1. The average molecular weight is 560 g/mol. The Morgan fingerprint density at radius 1 is 0.878 bits per heavy atom. The number of carbonyl (C=O) groups is 1. The van der Waals surface area contributed by atoms with E-state index in [0.717, 1.165) is 16.7 Å². The fourth-order valence-electron chi connectivity index (χ4n) is 4.86. The fourth-order valence-corrected chi connectivity index (χ4v) is 4.86. The zero-order valence-corrected chi connectivity index (χ0v) is 25.6. The molecule has 218 valence electrons. The number of pyridine rings is 1. The van der Waals surface area contributed by atoms with Crippen LogP contribution in [0, 0.1) is 13.8 Å². The molecule has 8 heteroatoms. The van der Waals surface area contributed by atoms with Gasteiger partial charge in [-0.15, -0.1) is 0 Å². The Balaban J connectivity index is 1.96. The van der Waals surface area contributed by atoms with Crippen LogP contribution in [0.5, 0.6) is 11.5 Å². The number of fused-ring (bicyclic) bond motifs is 1. The first-order valence-corrected chi connectivity index (χ1v) is 13.7. The van der Waals surface area contributed by atoms with E-state index in [0.29, 0.717) is 39.1 Å². The largest absolute Gasteiger partial charge is 0.456 e. The summed E-state index contributed by atoms with van der Waals surface area (Å²) in [6.45, 7) is 16.4. The lowest BCUT2D eigenvalue weighted by Crippen LogP contribution is -2.40. The molecular formula is C33H41N3O5. The summed E-state index contributed by atoms with van der Waals surface area (Å²) in [7, 11) is 1.66. The molecule has 0 aliphatic heterocycles. The highest BCUT2D eigenvalue weighted by Crippen LogP contribution is 2.41. The van der Waals surface area contributed by atoms with Crippen molar-refractivity contribution in [2.75, 3.05) is 0 Å². The minimum Gasteiger partial charge on any atom is -0.456 e. The average Bonchev–Trinajstić information content (AvgIpc) is 3.27. The van der Waals surface area contributed by atoms with Crippen molar-refractivity contribution in [1.29, 1.82) is 0 Å². The first kappa shape index (κ1) is 30.1. The summed E-state index contributed by atoms with van der Waals surface area (Å²) >= 11 is 0. The number of rotatable bonds is 6. The number of nitrogens with one attached hydrogen (secondary N) is 2. The van der Waals surface area contributed by atoms with Crippen molar-refractivity contribution in [3.63, 3.8) is 0 Å². The summed E-state index contributed by atoms with van der Waals surface area (Å²) in [5, 5.41) is 24.9. The first-order chi connectivity index (χ1) is 18.8. The van der Waals surface area contributed by atoms with Gasteiger partial charge in [0.15, 0.2) is 0 Å². The molecule has 4 aromatic rings. The minimum atomic E-state index is -1.14. The van der Waals surface area contributed by atoms with E-state index in [1.165, 1.54) is 4.57 Å². The number of hydrogen-bond acceptors (Lipinski definition) is 5. The second-order valence-electron chi connectivity index (χ2n) is 13.0. The Morgan fingerprint density at radius 2 is 1.46 bits per heavy atom. The molecule has 0 unspecified atom stereocenters. The van der Waals surface area contributed by atoms with Crippen LogP contribution in [-0.4, -0.2) is 31.2 Å². The van der Waals surface area contributed by atoms with E-state index in [1.807, 2.05) is 65.0 Å². The van der Waals surface area contributed by atoms with Crippen molar-refractivity contribution >= 4 is 16.8 Å². The van der Waals surface area contributed by atoms with Crippen molar-refractivity contribution < 1.29 is 19.7 Å². The molecule has 0 bridgehead atoms. The maximum Gasteiger partial charge on any atom is 0.274 e. The number of H-pyrrole nitrogens is 1. The van der Waals surface area contributed by atoms with Gasteiger partial charge in [-0.3, -0.25) is 9.59 Å². The van der Waals surface area contributed by atoms with Gasteiger partial charge in [0.25, 0.3) is 11.5 Å². The van der Waals surface area contributed by atoms with Crippen molar-refractivity contribution in [1.82, 2.24) is 14.9 Å². The number of benzene rings is 2. The molecule has 0 saturated carbocycles. The molecule has 4 N–H and O–H groups in total. The Morgan fingerprint density at radius 3 is 2.00 bits per heavy atom. The zero-order chi connectivity index (χ0) is 30.7. The van der Waals surface area contributed by atoms with Gasteiger partial charge in [-0.25, -0.2) is 0 Å². The van der Waals surface area contributed by atoms with Crippen LogP contribution in [0.4, 0.5) is 0 Å². The predicted octanol–water partition coefficient (Wildman–Crippen LogP) is 5.93. The molecule has 0 radical (unpaired) electrons. The van der Waals surface area contributed by atoms with E-state index in [1.54, 1.807) is 47.0 Å². The van der Waals surface area contributed by atoms with E-state index in [9.17, 15) is 19.8 Å². The van der Waals surface area contributed by atoms with Gasteiger partial charge >= 0.3 is 0 Å². The molecule has 41 heavy (non-hydrogen) atoms. The molecule has 0 saturated heterocycles. The van der Waals surface area contributed by atoms with Gasteiger partial charge in [-0.05, 0) is 115 Å². The normalized spacial score (nSPS) is 12.6. The predicted molar refractivity (Wildman–Crippen MR) is 163 cm³/mol. The summed E-state index contributed by atoms with van der Waals surface area (Å²) in [4.78, 5) is 29.2. The van der Waals surface area contributed by atoms with Crippen molar-refractivity contribution in [2.45, 2.75) is 79.1 Å². The van der Waals surface area contributed by atoms with Crippen LogP contribution in [0.3, 0.4) is 0 Å². The third kappa shape index (κ3) is 6.24. The second-order valence-corrected chi connectivity index (χ2v) is 13.0. The lowest BCUT2D eigenvalue weighted by Gasteiger charge is -2.23. The first-order valence-electron chi connectivity index (χ1n) is 13.7. The third-order valence-electron chi connectivity index (χ3n) is 7.05. The van der Waals surface area contributed by atoms with E-state index < -0.39 is 16.7 Å². The number of aliphatic hydroxyl groups is 2. The molecule has 2 heterocycles. The summed E-state index contributed by atoms with van der Waals surface area (Å²) in [6, 6.07) is 11.0. The molecule has 0 spiro atoms. The molecular weight excluding hydrogens is 518 g/mol.